The Hall–Kier alpha value is -2.96. The van der Waals surface area contributed by atoms with E-state index in [-0.39, 0.29) is 42.6 Å². The van der Waals surface area contributed by atoms with Crippen LogP contribution in [-0.2, 0) is 6.54 Å². The molecule has 0 radical (unpaired) electrons. The molecule has 0 spiro atoms. The van der Waals surface area contributed by atoms with Crippen molar-refractivity contribution in [2.45, 2.75) is 57.0 Å². The Morgan fingerprint density at radius 2 is 1.90 bits per heavy atom. The highest BCUT2D eigenvalue weighted by atomic mass is 32.1. The van der Waals surface area contributed by atoms with Gasteiger partial charge in [0.25, 0.3) is 0 Å². The molecule has 3 rings (SSSR count). The number of nitrogens with zero attached hydrogens (tertiary/aromatic N) is 7. The fraction of sp³-hybridized carbons (Fsp3) is 0.562. The number of thiol groups is 1. The maximum absolute atomic E-state index is 11.9. The molecule has 0 saturated carbocycles. The van der Waals surface area contributed by atoms with E-state index in [2.05, 4.69) is 53.5 Å². The van der Waals surface area contributed by atoms with Gasteiger partial charge in [0.15, 0.2) is 5.69 Å². The Kier molecular flexibility index (Phi) is 6.15. The Bertz CT molecular complexity index is 980. The molecule has 3 heterocycles. The summed E-state index contributed by atoms with van der Waals surface area (Å²) >= 11 is 4.26. The third-order valence-electron chi connectivity index (χ3n) is 4.40. The zero-order valence-corrected chi connectivity index (χ0v) is 17.4. The van der Waals surface area contributed by atoms with E-state index in [1.54, 1.807) is 0 Å². The summed E-state index contributed by atoms with van der Waals surface area (Å²) in [5.74, 6) is -0.693. The number of carboxylic acid groups (broad SMARTS) is 1. The summed E-state index contributed by atoms with van der Waals surface area (Å²) in [6, 6.07) is 0.283. The van der Waals surface area contributed by atoms with Crippen molar-refractivity contribution in [3.8, 4) is 6.01 Å². The standard InChI is InChI=1S/C16H23N9O3S/c1-7(2)13-17-16(22-20-13)28-6-9(4)10-12(15(26)27)25(24-19-10)5-8(3)11-14(29)21-23-18-11/h7-9H,5-6H2,1-4H3,(H,26,27)(H,17,20,22)(H2,18,21,23,29). The number of carboxylic acids is 1. The molecule has 0 aliphatic heterocycles. The second kappa shape index (κ2) is 8.59. The van der Waals surface area contributed by atoms with Crippen molar-refractivity contribution in [2.24, 2.45) is 0 Å². The number of rotatable bonds is 9. The molecule has 0 bridgehead atoms. The lowest BCUT2D eigenvalue weighted by Crippen LogP contribution is -2.18. The Morgan fingerprint density at radius 1 is 1.14 bits per heavy atom. The van der Waals surface area contributed by atoms with Crippen LogP contribution in [0.3, 0.4) is 0 Å². The van der Waals surface area contributed by atoms with Crippen LogP contribution in [-0.4, -0.2) is 63.3 Å². The number of aromatic amines is 2. The predicted octanol–water partition coefficient (Wildman–Crippen LogP) is 1.61. The van der Waals surface area contributed by atoms with Gasteiger partial charge in [0.05, 0.1) is 13.2 Å². The molecule has 3 aromatic rings. The fourth-order valence-corrected chi connectivity index (χ4v) is 3.09. The number of aromatic nitrogens is 9. The first-order chi connectivity index (χ1) is 13.8. The van der Waals surface area contributed by atoms with Gasteiger partial charge in [0.2, 0.25) is 0 Å². The molecule has 3 N–H and O–H groups in total. The molecular formula is C16H23N9O3S. The van der Waals surface area contributed by atoms with Gasteiger partial charge < -0.3 is 9.84 Å². The SMILES string of the molecule is CC(C)c1nnc(OCC(C)c2nnn(CC(C)c3nn[nH]c3S)c2C(=O)O)[nH]1. The third-order valence-corrected chi connectivity index (χ3v) is 4.73. The van der Waals surface area contributed by atoms with Crippen LogP contribution in [0.15, 0.2) is 5.03 Å². The average Bonchev–Trinajstić information content (AvgIpc) is 3.38. The molecule has 156 valence electrons. The van der Waals surface area contributed by atoms with E-state index in [0.29, 0.717) is 16.4 Å². The van der Waals surface area contributed by atoms with Gasteiger partial charge >= 0.3 is 12.0 Å². The van der Waals surface area contributed by atoms with E-state index in [1.807, 2.05) is 27.7 Å². The molecule has 29 heavy (non-hydrogen) atoms. The van der Waals surface area contributed by atoms with Crippen LogP contribution in [0.5, 0.6) is 6.01 Å². The van der Waals surface area contributed by atoms with E-state index in [0.717, 1.165) is 5.82 Å². The average molecular weight is 421 g/mol. The maximum atomic E-state index is 11.9. The van der Waals surface area contributed by atoms with Crippen molar-refractivity contribution in [3.63, 3.8) is 0 Å². The van der Waals surface area contributed by atoms with Crippen LogP contribution in [0.4, 0.5) is 0 Å². The second-order valence-corrected chi connectivity index (χ2v) is 7.59. The fourth-order valence-electron chi connectivity index (χ4n) is 2.78. The molecule has 0 fully saturated rings. The van der Waals surface area contributed by atoms with Gasteiger partial charge in [-0.25, -0.2) is 9.48 Å². The molecule has 2 atom stereocenters. The largest absolute Gasteiger partial charge is 0.476 e. The van der Waals surface area contributed by atoms with Crippen LogP contribution in [0.1, 0.15) is 73.1 Å². The van der Waals surface area contributed by atoms with Crippen LogP contribution in [0.2, 0.25) is 0 Å². The summed E-state index contributed by atoms with van der Waals surface area (Å²) in [7, 11) is 0. The van der Waals surface area contributed by atoms with E-state index >= 15 is 0 Å². The molecule has 12 nitrogen and oxygen atoms in total. The number of ether oxygens (including phenoxy) is 1. The van der Waals surface area contributed by atoms with Crippen LogP contribution >= 0.6 is 12.6 Å². The second-order valence-electron chi connectivity index (χ2n) is 7.14. The smallest absolute Gasteiger partial charge is 0.356 e. The summed E-state index contributed by atoms with van der Waals surface area (Å²) in [4.78, 5) is 14.9. The first kappa shape index (κ1) is 20.8. The van der Waals surface area contributed by atoms with Crippen molar-refractivity contribution in [1.29, 1.82) is 0 Å². The number of aromatic carboxylic acids is 1. The quantitative estimate of drug-likeness (QED) is 0.376. The molecule has 0 aliphatic carbocycles. The summed E-state index contributed by atoms with van der Waals surface area (Å²) in [6.45, 7) is 8.11. The van der Waals surface area contributed by atoms with Crippen molar-refractivity contribution in [2.75, 3.05) is 6.61 Å². The van der Waals surface area contributed by atoms with Crippen molar-refractivity contribution < 1.29 is 14.6 Å². The Morgan fingerprint density at radius 3 is 2.48 bits per heavy atom. The maximum Gasteiger partial charge on any atom is 0.356 e. The van der Waals surface area contributed by atoms with Crippen LogP contribution in [0, 0.1) is 0 Å². The zero-order chi connectivity index (χ0) is 21.1. The minimum Gasteiger partial charge on any atom is -0.476 e. The van der Waals surface area contributed by atoms with Gasteiger partial charge in [-0.15, -0.1) is 27.9 Å². The zero-order valence-electron chi connectivity index (χ0n) is 16.5. The predicted molar refractivity (Wildman–Crippen MR) is 103 cm³/mol. The first-order valence-corrected chi connectivity index (χ1v) is 9.54. The van der Waals surface area contributed by atoms with E-state index < -0.39 is 5.97 Å². The van der Waals surface area contributed by atoms with Gasteiger partial charge in [-0.2, -0.15) is 0 Å². The highest BCUT2D eigenvalue weighted by Crippen LogP contribution is 2.23. The highest BCUT2D eigenvalue weighted by Gasteiger charge is 2.26. The Labute approximate surface area is 171 Å². The summed E-state index contributed by atoms with van der Waals surface area (Å²) in [5, 5.41) is 36.6. The number of nitrogens with one attached hydrogen (secondary N) is 2. The molecule has 3 aromatic heterocycles. The highest BCUT2D eigenvalue weighted by molar-refractivity contribution is 7.80. The van der Waals surface area contributed by atoms with E-state index in [1.165, 1.54) is 4.68 Å². The number of H-pyrrole nitrogens is 2. The molecule has 0 aliphatic rings. The van der Waals surface area contributed by atoms with Gasteiger partial charge in [-0.05, 0) is 0 Å². The minimum atomic E-state index is -1.11. The first-order valence-electron chi connectivity index (χ1n) is 9.09. The topological polar surface area (TPSA) is 160 Å². The molecule has 0 aromatic carbocycles. The molecule has 0 amide bonds. The number of carbonyl (C=O) groups is 1. The minimum absolute atomic E-state index is 0.0117. The summed E-state index contributed by atoms with van der Waals surface area (Å²) < 4.78 is 6.97. The lowest BCUT2D eigenvalue weighted by molar-refractivity contribution is 0.0680. The van der Waals surface area contributed by atoms with Crippen molar-refractivity contribution >= 4 is 18.6 Å². The van der Waals surface area contributed by atoms with Crippen molar-refractivity contribution in [1.82, 2.24) is 45.6 Å². The van der Waals surface area contributed by atoms with Crippen LogP contribution in [0.25, 0.3) is 0 Å². The van der Waals surface area contributed by atoms with Gasteiger partial charge in [0, 0.05) is 17.8 Å². The molecule has 0 saturated heterocycles. The lowest BCUT2D eigenvalue weighted by Gasteiger charge is -2.12. The van der Waals surface area contributed by atoms with Gasteiger partial charge in [-0.3, -0.25) is 10.1 Å². The normalized spacial score (nSPS) is 13.6. The van der Waals surface area contributed by atoms with Gasteiger partial charge in [0.1, 0.15) is 22.2 Å². The van der Waals surface area contributed by atoms with Crippen LogP contribution < -0.4 is 4.74 Å². The molecule has 13 heteroatoms. The van der Waals surface area contributed by atoms with Crippen molar-refractivity contribution in [3.05, 3.63) is 22.9 Å². The Balaban J connectivity index is 1.73. The van der Waals surface area contributed by atoms with Gasteiger partial charge in [-0.1, -0.05) is 43.2 Å². The summed E-state index contributed by atoms with van der Waals surface area (Å²) in [5.41, 5.74) is 0.974. The number of hydrogen-bond acceptors (Lipinski definition) is 9. The van der Waals surface area contributed by atoms with E-state index in [9.17, 15) is 9.90 Å². The monoisotopic (exact) mass is 421 g/mol. The molecule has 2 unspecified atom stereocenters. The van der Waals surface area contributed by atoms with E-state index in [4.69, 9.17) is 4.74 Å². The third kappa shape index (κ3) is 4.55. The molecular weight excluding hydrogens is 398 g/mol. The number of hydrogen-bond donors (Lipinski definition) is 4. The lowest BCUT2D eigenvalue weighted by atomic mass is 10.1. The summed E-state index contributed by atoms with van der Waals surface area (Å²) in [6.07, 6.45) is 0.